The van der Waals surface area contributed by atoms with E-state index in [1.165, 1.54) is 22.3 Å². The minimum absolute atomic E-state index is 0.417. The summed E-state index contributed by atoms with van der Waals surface area (Å²) in [5, 5.41) is 11.0. The minimum Gasteiger partial charge on any atom is -0.508 e. The van der Waals surface area contributed by atoms with Crippen molar-refractivity contribution in [2.24, 2.45) is 0 Å². The number of halogens is 1. The normalized spacial score (nSPS) is 14.3. The molecule has 2 aromatic carbocycles. The van der Waals surface area contributed by atoms with E-state index in [0.29, 0.717) is 5.75 Å². The summed E-state index contributed by atoms with van der Waals surface area (Å²) in [6, 6.07) is 13.9. The van der Waals surface area contributed by atoms with E-state index in [4.69, 9.17) is 11.6 Å². The van der Waals surface area contributed by atoms with Gasteiger partial charge in [-0.1, -0.05) is 41.4 Å². The number of allylic oxidation sites excluding steroid dienone is 1. The van der Waals surface area contributed by atoms with E-state index >= 15 is 0 Å². The van der Waals surface area contributed by atoms with Crippen LogP contribution in [0.5, 0.6) is 5.75 Å². The molecule has 0 amide bonds. The number of benzene rings is 2. The van der Waals surface area contributed by atoms with E-state index in [1.54, 1.807) is 6.07 Å². The van der Waals surface area contributed by atoms with Gasteiger partial charge in [-0.05, 0) is 68.3 Å². The molecule has 0 atom stereocenters. The third-order valence-corrected chi connectivity index (χ3v) is 4.63. The van der Waals surface area contributed by atoms with E-state index in [-0.39, 0.29) is 0 Å². The predicted octanol–water partition coefficient (Wildman–Crippen LogP) is 4.55. The number of fused-ring (bicyclic) bond motifs is 1. The second kappa shape index (κ2) is 6.77. The van der Waals surface area contributed by atoms with Crippen LogP contribution in [-0.4, -0.2) is 30.6 Å². The lowest BCUT2D eigenvalue weighted by molar-refractivity contribution is 0.436. The zero-order chi connectivity index (χ0) is 16.4. The van der Waals surface area contributed by atoms with Crippen molar-refractivity contribution >= 4 is 17.2 Å². The summed E-state index contributed by atoms with van der Waals surface area (Å²) in [5.74, 6) is 0.417. The van der Waals surface area contributed by atoms with Crippen LogP contribution in [0.15, 0.2) is 48.0 Å². The highest BCUT2D eigenvalue weighted by Gasteiger charge is 2.21. The van der Waals surface area contributed by atoms with Gasteiger partial charge in [0.25, 0.3) is 0 Å². The summed E-state index contributed by atoms with van der Waals surface area (Å²) in [7, 11) is 4.20. The number of nitrogens with zero attached hydrogens (tertiary/aromatic N) is 1. The second-order valence-electron chi connectivity index (χ2n) is 6.43. The van der Waals surface area contributed by atoms with Crippen LogP contribution in [0.25, 0.3) is 5.57 Å². The van der Waals surface area contributed by atoms with Crippen molar-refractivity contribution in [3.05, 3.63) is 69.8 Å². The molecule has 0 aliphatic heterocycles. The quantitative estimate of drug-likeness (QED) is 0.890. The highest BCUT2D eigenvalue weighted by molar-refractivity contribution is 6.30. The fourth-order valence-electron chi connectivity index (χ4n) is 3.32. The van der Waals surface area contributed by atoms with Gasteiger partial charge in [0.05, 0.1) is 0 Å². The third kappa shape index (κ3) is 3.60. The number of aromatic hydroxyl groups is 1. The first kappa shape index (κ1) is 16.1. The maximum atomic E-state index is 10.2. The SMILES string of the molecule is CN(C)CC1=C(Cc2ccc(Cl)cc2)c2cccc(O)c2CC1. The van der Waals surface area contributed by atoms with Crippen molar-refractivity contribution in [1.82, 2.24) is 4.90 Å². The molecular formula is C20H22ClNO. The van der Waals surface area contributed by atoms with Gasteiger partial charge in [0.1, 0.15) is 5.75 Å². The molecule has 2 nitrogen and oxygen atoms in total. The van der Waals surface area contributed by atoms with Gasteiger partial charge in [-0.25, -0.2) is 0 Å². The van der Waals surface area contributed by atoms with E-state index in [9.17, 15) is 5.11 Å². The van der Waals surface area contributed by atoms with Gasteiger partial charge in [-0.2, -0.15) is 0 Å². The van der Waals surface area contributed by atoms with Gasteiger partial charge in [-0.15, -0.1) is 0 Å². The van der Waals surface area contributed by atoms with E-state index in [2.05, 4.69) is 37.2 Å². The molecule has 0 aromatic heterocycles. The van der Waals surface area contributed by atoms with Crippen LogP contribution in [-0.2, 0) is 12.8 Å². The van der Waals surface area contributed by atoms with Gasteiger partial charge in [-0.3, -0.25) is 0 Å². The molecule has 3 heteroatoms. The summed E-state index contributed by atoms with van der Waals surface area (Å²) in [5.41, 5.74) is 6.33. The van der Waals surface area contributed by atoms with Gasteiger partial charge in [0.15, 0.2) is 0 Å². The highest BCUT2D eigenvalue weighted by Crippen LogP contribution is 2.37. The van der Waals surface area contributed by atoms with E-state index in [1.807, 2.05) is 18.2 Å². The molecule has 1 N–H and O–H groups in total. The van der Waals surface area contributed by atoms with Crippen molar-refractivity contribution < 1.29 is 5.11 Å². The summed E-state index contributed by atoms with van der Waals surface area (Å²) in [6.45, 7) is 0.956. The summed E-state index contributed by atoms with van der Waals surface area (Å²) in [4.78, 5) is 2.21. The molecule has 0 unspecified atom stereocenters. The Hall–Kier alpha value is -1.77. The van der Waals surface area contributed by atoms with Crippen molar-refractivity contribution in [3.8, 4) is 5.75 Å². The molecule has 120 valence electrons. The zero-order valence-corrected chi connectivity index (χ0v) is 14.4. The zero-order valence-electron chi connectivity index (χ0n) is 13.6. The second-order valence-corrected chi connectivity index (χ2v) is 6.86. The number of likely N-dealkylation sites (N-methyl/N-ethyl adjacent to an activating group) is 1. The Morgan fingerprint density at radius 3 is 2.48 bits per heavy atom. The monoisotopic (exact) mass is 327 g/mol. The molecule has 3 rings (SSSR count). The van der Waals surface area contributed by atoms with Gasteiger partial charge in [0, 0.05) is 17.1 Å². The van der Waals surface area contributed by atoms with Crippen LogP contribution < -0.4 is 0 Å². The van der Waals surface area contributed by atoms with Crippen molar-refractivity contribution in [2.45, 2.75) is 19.3 Å². The fraction of sp³-hybridized carbons (Fsp3) is 0.300. The van der Waals surface area contributed by atoms with Crippen LogP contribution in [0.1, 0.15) is 23.1 Å². The Kier molecular flexibility index (Phi) is 4.74. The minimum atomic E-state index is 0.417. The highest BCUT2D eigenvalue weighted by atomic mass is 35.5. The topological polar surface area (TPSA) is 23.5 Å². The molecule has 0 spiro atoms. The Labute approximate surface area is 143 Å². The van der Waals surface area contributed by atoms with Gasteiger partial charge < -0.3 is 10.0 Å². The number of hydrogen-bond acceptors (Lipinski definition) is 2. The summed E-state index contributed by atoms with van der Waals surface area (Å²) < 4.78 is 0. The van der Waals surface area contributed by atoms with Crippen LogP contribution in [0.2, 0.25) is 5.02 Å². The standard InChI is InChI=1S/C20H22ClNO/c1-22(2)13-15-8-11-18-17(4-3-5-20(18)23)19(15)12-14-6-9-16(21)10-7-14/h3-7,9-10,23H,8,11-13H2,1-2H3. The summed E-state index contributed by atoms with van der Waals surface area (Å²) in [6.07, 6.45) is 2.79. The lowest BCUT2D eigenvalue weighted by atomic mass is 9.82. The van der Waals surface area contributed by atoms with Crippen molar-refractivity contribution in [1.29, 1.82) is 0 Å². The lowest BCUT2D eigenvalue weighted by Gasteiger charge is -2.26. The maximum Gasteiger partial charge on any atom is 0.119 e. The Balaban J connectivity index is 2.04. The smallest absolute Gasteiger partial charge is 0.119 e. The van der Waals surface area contributed by atoms with Crippen LogP contribution in [0.3, 0.4) is 0 Å². The number of phenols is 1. The van der Waals surface area contributed by atoms with E-state index < -0.39 is 0 Å². The average molecular weight is 328 g/mol. The first-order valence-electron chi connectivity index (χ1n) is 7.96. The van der Waals surface area contributed by atoms with Gasteiger partial charge in [0.2, 0.25) is 0 Å². The largest absolute Gasteiger partial charge is 0.508 e. The molecule has 0 radical (unpaired) electrons. The molecule has 0 saturated heterocycles. The molecule has 1 aliphatic rings. The average Bonchev–Trinajstić information content (AvgIpc) is 2.51. The molecule has 0 fully saturated rings. The Bertz CT molecular complexity index is 732. The number of hydrogen-bond donors (Lipinski definition) is 1. The Morgan fingerprint density at radius 1 is 1.04 bits per heavy atom. The molecule has 0 heterocycles. The first-order chi connectivity index (χ1) is 11.0. The first-order valence-corrected chi connectivity index (χ1v) is 8.33. The molecule has 0 saturated carbocycles. The van der Waals surface area contributed by atoms with Gasteiger partial charge >= 0.3 is 0 Å². The molecular weight excluding hydrogens is 306 g/mol. The third-order valence-electron chi connectivity index (χ3n) is 4.38. The number of phenolic OH excluding ortho intramolecular Hbond substituents is 1. The van der Waals surface area contributed by atoms with Crippen LogP contribution in [0, 0.1) is 0 Å². The lowest BCUT2D eigenvalue weighted by Crippen LogP contribution is -2.19. The molecule has 0 bridgehead atoms. The molecule has 23 heavy (non-hydrogen) atoms. The van der Waals surface area contributed by atoms with Crippen LogP contribution >= 0.6 is 11.6 Å². The molecule has 1 aliphatic carbocycles. The Morgan fingerprint density at radius 2 is 1.78 bits per heavy atom. The fourth-order valence-corrected chi connectivity index (χ4v) is 3.45. The van der Waals surface area contributed by atoms with Crippen molar-refractivity contribution in [2.75, 3.05) is 20.6 Å². The molecule has 2 aromatic rings. The van der Waals surface area contributed by atoms with Crippen LogP contribution in [0.4, 0.5) is 0 Å². The predicted molar refractivity (Wildman–Crippen MR) is 97.1 cm³/mol. The van der Waals surface area contributed by atoms with Crippen molar-refractivity contribution in [3.63, 3.8) is 0 Å². The number of rotatable bonds is 4. The summed E-state index contributed by atoms with van der Waals surface area (Å²) >= 11 is 6.00. The maximum absolute atomic E-state index is 10.2. The van der Waals surface area contributed by atoms with E-state index in [0.717, 1.165) is 36.4 Å².